The summed E-state index contributed by atoms with van der Waals surface area (Å²) in [4.78, 5) is 0. The van der Waals surface area contributed by atoms with E-state index in [1.54, 1.807) is 36.4 Å². The molecular weight excluding hydrogens is 273 g/mol. The lowest BCUT2D eigenvalue weighted by molar-refractivity contribution is 0.264. The summed E-state index contributed by atoms with van der Waals surface area (Å²) in [5, 5.41) is 7.79. The predicted molar refractivity (Wildman–Crippen MR) is 74.9 cm³/mol. The topological polar surface area (TPSA) is 74.2 Å². The lowest BCUT2D eigenvalue weighted by Gasteiger charge is -2.03. The number of nitrogen functional groups attached to an aromatic ring is 1. The van der Waals surface area contributed by atoms with E-state index >= 15 is 0 Å². The van der Waals surface area contributed by atoms with Crippen LogP contribution in [0.2, 0.25) is 0 Å². The fraction of sp³-hybridized carbons (Fsp3) is 0.0667. The molecule has 1 heterocycles. The molecule has 0 radical (unpaired) electrons. The van der Waals surface area contributed by atoms with Gasteiger partial charge in [0, 0.05) is 17.3 Å². The Morgan fingerprint density at radius 1 is 1.10 bits per heavy atom. The molecule has 0 amide bonds. The van der Waals surface area contributed by atoms with E-state index in [1.165, 1.54) is 12.1 Å². The van der Waals surface area contributed by atoms with Crippen LogP contribution in [-0.4, -0.2) is 10.2 Å². The van der Waals surface area contributed by atoms with Crippen LogP contribution in [0.15, 0.2) is 52.9 Å². The van der Waals surface area contributed by atoms with Gasteiger partial charge in [-0.25, -0.2) is 4.39 Å². The van der Waals surface area contributed by atoms with Crippen molar-refractivity contribution in [1.29, 1.82) is 0 Å². The molecule has 2 N–H and O–H groups in total. The van der Waals surface area contributed by atoms with E-state index in [9.17, 15) is 4.39 Å². The van der Waals surface area contributed by atoms with Crippen molar-refractivity contribution in [2.24, 2.45) is 0 Å². The van der Waals surface area contributed by atoms with Gasteiger partial charge in [0.15, 0.2) is 6.61 Å². The molecule has 0 spiro atoms. The molecule has 0 bridgehead atoms. The number of nitrogens with zero attached hydrogens (tertiary/aromatic N) is 2. The monoisotopic (exact) mass is 285 g/mol. The molecule has 3 rings (SSSR count). The van der Waals surface area contributed by atoms with Gasteiger partial charge in [0.25, 0.3) is 5.89 Å². The van der Waals surface area contributed by atoms with Crippen LogP contribution in [0, 0.1) is 5.82 Å². The molecule has 21 heavy (non-hydrogen) atoms. The number of hydrogen-bond donors (Lipinski definition) is 1. The van der Waals surface area contributed by atoms with Gasteiger partial charge in [-0.05, 0) is 36.4 Å². The lowest BCUT2D eigenvalue weighted by Crippen LogP contribution is -1.96. The van der Waals surface area contributed by atoms with E-state index in [2.05, 4.69) is 10.2 Å². The Morgan fingerprint density at radius 3 is 2.67 bits per heavy atom. The van der Waals surface area contributed by atoms with E-state index in [0.29, 0.717) is 28.8 Å². The zero-order chi connectivity index (χ0) is 14.7. The van der Waals surface area contributed by atoms with Gasteiger partial charge in [0.2, 0.25) is 5.89 Å². The van der Waals surface area contributed by atoms with Crippen molar-refractivity contribution in [3.63, 3.8) is 0 Å². The van der Waals surface area contributed by atoms with Gasteiger partial charge in [-0.15, -0.1) is 10.2 Å². The summed E-state index contributed by atoms with van der Waals surface area (Å²) in [6.07, 6.45) is 0. The van der Waals surface area contributed by atoms with Crippen molar-refractivity contribution in [1.82, 2.24) is 10.2 Å². The Morgan fingerprint density at radius 2 is 1.90 bits per heavy atom. The molecule has 0 unspecified atom stereocenters. The molecule has 1 aromatic heterocycles. The number of halogens is 1. The number of ether oxygens (including phenoxy) is 1. The van der Waals surface area contributed by atoms with Crippen LogP contribution in [0.25, 0.3) is 11.5 Å². The average Bonchev–Trinajstić information content (AvgIpc) is 2.95. The predicted octanol–water partition coefficient (Wildman–Crippen LogP) is 3.04. The molecule has 0 saturated heterocycles. The fourth-order valence-corrected chi connectivity index (χ4v) is 1.77. The summed E-state index contributed by atoms with van der Waals surface area (Å²) < 4.78 is 23.8. The van der Waals surface area contributed by atoms with Crippen LogP contribution in [0.4, 0.5) is 10.1 Å². The van der Waals surface area contributed by atoms with Gasteiger partial charge in [-0.1, -0.05) is 6.07 Å². The van der Waals surface area contributed by atoms with E-state index in [-0.39, 0.29) is 12.4 Å². The van der Waals surface area contributed by atoms with Crippen molar-refractivity contribution >= 4 is 5.69 Å². The fourth-order valence-electron chi connectivity index (χ4n) is 1.77. The van der Waals surface area contributed by atoms with Crippen LogP contribution in [0.3, 0.4) is 0 Å². The van der Waals surface area contributed by atoms with Crippen LogP contribution in [0.5, 0.6) is 5.75 Å². The third kappa shape index (κ3) is 3.17. The molecule has 106 valence electrons. The van der Waals surface area contributed by atoms with Crippen molar-refractivity contribution in [3.8, 4) is 17.2 Å². The summed E-state index contributed by atoms with van der Waals surface area (Å²) in [6.45, 7) is 0.137. The molecular formula is C15H12FN3O2. The smallest absolute Gasteiger partial charge is 0.254 e. The molecule has 0 aliphatic carbocycles. The first kappa shape index (κ1) is 13.1. The second-order valence-corrected chi connectivity index (χ2v) is 4.37. The lowest BCUT2D eigenvalue weighted by atomic mass is 10.2. The maximum Gasteiger partial charge on any atom is 0.254 e. The molecule has 0 aliphatic heterocycles. The highest BCUT2D eigenvalue weighted by atomic mass is 19.1. The molecule has 5 nitrogen and oxygen atoms in total. The molecule has 0 atom stereocenters. The largest absolute Gasteiger partial charge is 0.484 e. The summed E-state index contributed by atoms with van der Waals surface area (Å²) in [5.74, 6) is 0.956. The first-order valence-electron chi connectivity index (χ1n) is 6.27. The Hall–Kier alpha value is -2.89. The second-order valence-electron chi connectivity index (χ2n) is 4.37. The van der Waals surface area contributed by atoms with Crippen molar-refractivity contribution in [2.45, 2.75) is 6.61 Å². The first-order chi connectivity index (χ1) is 10.2. The van der Waals surface area contributed by atoms with Gasteiger partial charge in [0.1, 0.15) is 11.6 Å². The SMILES string of the molecule is Nc1cccc(OCc2nnc(-c3ccc(F)cc3)o2)c1. The molecule has 3 aromatic rings. The minimum Gasteiger partial charge on any atom is -0.484 e. The molecule has 2 aromatic carbocycles. The van der Waals surface area contributed by atoms with Gasteiger partial charge in [-0.2, -0.15) is 0 Å². The van der Waals surface area contributed by atoms with Crippen LogP contribution < -0.4 is 10.5 Å². The Kier molecular flexibility index (Phi) is 3.51. The standard InChI is InChI=1S/C15H12FN3O2/c16-11-6-4-10(5-7-11)15-19-18-14(21-15)9-20-13-3-1-2-12(17)8-13/h1-8H,9,17H2. The van der Waals surface area contributed by atoms with Crippen LogP contribution in [0.1, 0.15) is 5.89 Å². The van der Waals surface area contributed by atoms with E-state index in [4.69, 9.17) is 14.9 Å². The van der Waals surface area contributed by atoms with Crippen molar-refractivity contribution < 1.29 is 13.5 Å². The van der Waals surface area contributed by atoms with E-state index in [0.717, 1.165) is 0 Å². The Bertz CT molecular complexity index is 741. The van der Waals surface area contributed by atoms with E-state index < -0.39 is 0 Å². The van der Waals surface area contributed by atoms with Gasteiger partial charge in [0.05, 0.1) is 0 Å². The molecule has 0 aliphatic rings. The third-order valence-electron chi connectivity index (χ3n) is 2.78. The molecule has 6 heteroatoms. The van der Waals surface area contributed by atoms with Crippen molar-refractivity contribution in [2.75, 3.05) is 5.73 Å². The highest BCUT2D eigenvalue weighted by molar-refractivity contribution is 5.51. The number of aromatic nitrogens is 2. The van der Waals surface area contributed by atoms with Crippen molar-refractivity contribution in [3.05, 3.63) is 60.2 Å². The molecule has 0 saturated carbocycles. The summed E-state index contributed by atoms with van der Waals surface area (Å²) >= 11 is 0. The Balaban J connectivity index is 1.69. The van der Waals surface area contributed by atoms with Gasteiger partial charge < -0.3 is 14.9 Å². The van der Waals surface area contributed by atoms with Crippen LogP contribution >= 0.6 is 0 Å². The first-order valence-corrected chi connectivity index (χ1v) is 6.27. The molecule has 0 fully saturated rings. The normalized spacial score (nSPS) is 10.5. The second kappa shape index (κ2) is 5.62. The summed E-state index contributed by atoms with van der Waals surface area (Å²) in [6, 6.07) is 12.9. The quantitative estimate of drug-likeness (QED) is 0.746. The third-order valence-corrected chi connectivity index (χ3v) is 2.78. The number of anilines is 1. The Labute approximate surface area is 120 Å². The minimum absolute atomic E-state index is 0.137. The average molecular weight is 285 g/mol. The van der Waals surface area contributed by atoms with E-state index in [1.807, 2.05) is 0 Å². The summed E-state index contributed by atoms with van der Waals surface area (Å²) in [7, 11) is 0. The zero-order valence-corrected chi connectivity index (χ0v) is 11.0. The number of benzene rings is 2. The highest BCUT2D eigenvalue weighted by Crippen LogP contribution is 2.20. The number of nitrogens with two attached hydrogens (primary N) is 1. The minimum atomic E-state index is -0.316. The zero-order valence-electron chi connectivity index (χ0n) is 11.0. The maximum atomic E-state index is 12.9. The van der Waals surface area contributed by atoms with Gasteiger partial charge in [-0.3, -0.25) is 0 Å². The maximum absolute atomic E-state index is 12.9. The number of rotatable bonds is 4. The van der Waals surface area contributed by atoms with Crippen LogP contribution in [-0.2, 0) is 6.61 Å². The number of hydrogen-bond acceptors (Lipinski definition) is 5. The highest BCUT2D eigenvalue weighted by Gasteiger charge is 2.09. The van der Waals surface area contributed by atoms with Gasteiger partial charge >= 0.3 is 0 Å². The summed E-state index contributed by atoms with van der Waals surface area (Å²) in [5.41, 5.74) is 6.93.